The van der Waals surface area contributed by atoms with E-state index in [2.05, 4.69) is 10.6 Å². The van der Waals surface area contributed by atoms with Gasteiger partial charge in [0.25, 0.3) is 0 Å². The molecule has 2 aliphatic rings. The van der Waals surface area contributed by atoms with Crippen molar-refractivity contribution < 1.29 is 14.3 Å². The molecule has 6 nitrogen and oxygen atoms in total. The third kappa shape index (κ3) is 2.49. The number of nitrogens with one attached hydrogen (secondary N) is 2. The van der Waals surface area contributed by atoms with Crippen LogP contribution in [0.3, 0.4) is 0 Å². The van der Waals surface area contributed by atoms with Gasteiger partial charge >= 0.3 is 0 Å². The molecule has 0 bridgehead atoms. The molecular weight excluding hydrogens is 234 g/mol. The van der Waals surface area contributed by atoms with Gasteiger partial charge in [-0.1, -0.05) is 0 Å². The van der Waals surface area contributed by atoms with Gasteiger partial charge in [0.15, 0.2) is 0 Å². The minimum atomic E-state index is -0.730. The fourth-order valence-corrected chi connectivity index (χ4v) is 2.32. The number of hydrogen-bond acceptors (Lipinski definition) is 4. The van der Waals surface area contributed by atoms with Crippen LogP contribution in [-0.4, -0.2) is 43.7 Å². The van der Waals surface area contributed by atoms with Gasteiger partial charge in [0, 0.05) is 12.6 Å². The molecule has 0 spiro atoms. The SMILES string of the molecule is CC1(C(=O)NC2CCCCNC2=O)COCC1N. The van der Waals surface area contributed by atoms with Crippen LogP contribution < -0.4 is 16.4 Å². The highest BCUT2D eigenvalue weighted by Crippen LogP contribution is 2.27. The average molecular weight is 255 g/mol. The van der Waals surface area contributed by atoms with E-state index in [-0.39, 0.29) is 17.9 Å². The molecule has 6 heteroatoms. The lowest BCUT2D eigenvalue weighted by Gasteiger charge is -2.27. The van der Waals surface area contributed by atoms with E-state index in [1.807, 2.05) is 0 Å². The molecule has 2 heterocycles. The first-order valence-corrected chi connectivity index (χ1v) is 6.46. The molecule has 0 aliphatic carbocycles. The topological polar surface area (TPSA) is 93.5 Å². The van der Waals surface area contributed by atoms with Gasteiger partial charge in [-0.3, -0.25) is 9.59 Å². The summed E-state index contributed by atoms with van der Waals surface area (Å²) in [6, 6.07) is -0.754. The number of amides is 2. The van der Waals surface area contributed by atoms with Crippen molar-refractivity contribution in [2.75, 3.05) is 19.8 Å². The van der Waals surface area contributed by atoms with Gasteiger partial charge in [-0.25, -0.2) is 0 Å². The number of nitrogens with two attached hydrogens (primary N) is 1. The van der Waals surface area contributed by atoms with Crippen LogP contribution in [0.2, 0.25) is 0 Å². The molecule has 3 unspecified atom stereocenters. The molecule has 0 aromatic heterocycles. The molecule has 3 atom stereocenters. The Hall–Kier alpha value is -1.14. The lowest BCUT2D eigenvalue weighted by atomic mass is 9.84. The Morgan fingerprint density at radius 1 is 1.56 bits per heavy atom. The Morgan fingerprint density at radius 2 is 2.33 bits per heavy atom. The highest BCUT2D eigenvalue weighted by Gasteiger charge is 2.45. The van der Waals surface area contributed by atoms with Gasteiger partial charge in [-0.2, -0.15) is 0 Å². The van der Waals surface area contributed by atoms with Crippen molar-refractivity contribution in [3.63, 3.8) is 0 Å². The van der Waals surface area contributed by atoms with E-state index in [1.165, 1.54) is 0 Å². The second kappa shape index (κ2) is 5.24. The molecule has 0 saturated carbocycles. The van der Waals surface area contributed by atoms with E-state index in [9.17, 15) is 9.59 Å². The zero-order valence-corrected chi connectivity index (χ0v) is 10.7. The summed E-state index contributed by atoms with van der Waals surface area (Å²) in [5, 5.41) is 5.61. The monoisotopic (exact) mass is 255 g/mol. The Bertz CT molecular complexity index is 347. The number of hydrogen-bond donors (Lipinski definition) is 3. The minimum Gasteiger partial charge on any atom is -0.379 e. The molecule has 0 aromatic carbocycles. The number of carbonyl (C=O) groups excluding carboxylic acids is 2. The third-order valence-corrected chi connectivity index (χ3v) is 3.88. The van der Waals surface area contributed by atoms with Gasteiger partial charge < -0.3 is 21.1 Å². The molecule has 2 aliphatic heterocycles. The van der Waals surface area contributed by atoms with E-state index in [4.69, 9.17) is 10.5 Å². The molecule has 2 saturated heterocycles. The van der Waals surface area contributed by atoms with Crippen LogP contribution in [0, 0.1) is 5.41 Å². The molecule has 4 N–H and O–H groups in total. The summed E-state index contributed by atoms with van der Waals surface area (Å²) in [5.74, 6) is -0.286. The summed E-state index contributed by atoms with van der Waals surface area (Å²) in [6.45, 7) is 3.18. The van der Waals surface area contributed by atoms with Crippen molar-refractivity contribution in [1.29, 1.82) is 0 Å². The highest BCUT2D eigenvalue weighted by molar-refractivity contribution is 5.90. The predicted octanol–water partition coefficient (Wildman–Crippen LogP) is -0.865. The number of ether oxygens (including phenoxy) is 1. The molecular formula is C12H21N3O3. The van der Waals surface area contributed by atoms with Crippen molar-refractivity contribution in [2.24, 2.45) is 11.1 Å². The van der Waals surface area contributed by atoms with Crippen molar-refractivity contribution >= 4 is 11.8 Å². The zero-order chi connectivity index (χ0) is 13.2. The maximum Gasteiger partial charge on any atom is 0.242 e. The zero-order valence-electron chi connectivity index (χ0n) is 10.7. The normalized spacial score (nSPS) is 36.9. The molecule has 2 rings (SSSR count). The standard InChI is InChI=1S/C12H21N3O3/c1-12(7-18-6-9(12)13)11(17)15-8-4-2-3-5-14-10(8)16/h8-9H,2-7,13H2,1H3,(H,14,16)(H,15,17). The smallest absolute Gasteiger partial charge is 0.242 e. The van der Waals surface area contributed by atoms with E-state index in [1.54, 1.807) is 6.92 Å². The summed E-state index contributed by atoms with van der Waals surface area (Å²) in [5.41, 5.74) is 5.17. The fraction of sp³-hybridized carbons (Fsp3) is 0.833. The Labute approximate surface area is 107 Å². The summed E-state index contributed by atoms with van der Waals surface area (Å²) in [4.78, 5) is 24.0. The summed E-state index contributed by atoms with van der Waals surface area (Å²) >= 11 is 0. The molecule has 2 amide bonds. The van der Waals surface area contributed by atoms with Crippen LogP contribution in [0.25, 0.3) is 0 Å². The summed E-state index contributed by atoms with van der Waals surface area (Å²) < 4.78 is 5.25. The van der Waals surface area contributed by atoms with Crippen LogP contribution >= 0.6 is 0 Å². The second-order valence-electron chi connectivity index (χ2n) is 5.35. The summed E-state index contributed by atoms with van der Waals surface area (Å²) in [7, 11) is 0. The van der Waals surface area contributed by atoms with E-state index < -0.39 is 11.5 Å². The van der Waals surface area contributed by atoms with Crippen molar-refractivity contribution in [2.45, 2.75) is 38.3 Å². The van der Waals surface area contributed by atoms with Gasteiger partial charge in [-0.05, 0) is 26.2 Å². The maximum atomic E-state index is 12.3. The van der Waals surface area contributed by atoms with Crippen LogP contribution in [-0.2, 0) is 14.3 Å². The highest BCUT2D eigenvalue weighted by atomic mass is 16.5. The third-order valence-electron chi connectivity index (χ3n) is 3.88. The fourth-order valence-electron chi connectivity index (χ4n) is 2.32. The largest absolute Gasteiger partial charge is 0.379 e. The van der Waals surface area contributed by atoms with Crippen LogP contribution in [0.1, 0.15) is 26.2 Å². The predicted molar refractivity (Wildman–Crippen MR) is 65.7 cm³/mol. The van der Waals surface area contributed by atoms with Crippen molar-refractivity contribution in [3.8, 4) is 0 Å². The van der Waals surface area contributed by atoms with Crippen molar-refractivity contribution in [3.05, 3.63) is 0 Å². The van der Waals surface area contributed by atoms with E-state index >= 15 is 0 Å². The van der Waals surface area contributed by atoms with E-state index in [0.717, 1.165) is 12.8 Å². The van der Waals surface area contributed by atoms with Gasteiger partial charge in [0.05, 0.1) is 18.6 Å². The second-order valence-corrected chi connectivity index (χ2v) is 5.35. The molecule has 0 radical (unpaired) electrons. The van der Waals surface area contributed by atoms with Gasteiger partial charge in [0.1, 0.15) is 6.04 Å². The van der Waals surface area contributed by atoms with E-state index in [0.29, 0.717) is 26.2 Å². The molecule has 18 heavy (non-hydrogen) atoms. The Morgan fingerprint density at radius 3 is 3.00 bits per heavy atom. The molecule has 0 aromatic rings. The quantitative estimate of drug-likeness (QED) is 0.598. The first-order valence-electron chi connectivity index (χ1n) is 6.46. The Balaban J connectivity index is 1.99. The van der Waals surface area contributed by atoms with Gasteiger partial charge in [0.2, 0.25) is 11.8 Å². The average Bonchev–Trinajstić information content (AvgIpc) is 2.56. The number of rotatable bonds is 2. The minimum absolute atomic E-state index is 0.100. The summed E-state index contributed by atoms with van der Waals surface area (Å²) in [6.07, 6.45) is 2.57. The van der Waals surface area contributed by atoms with Crippen molar-refractivity contribution in [1.82, 2.24) is 10.6 Å². The van der Waals surface area contributed by atoms with Crippen LogP contribution in [0.5, 0.6) is 0 Å². The van der Waals surface area contributed by atoms with Crippen LogP contribution in [0.15, 0.2) is 0 Å². The first-order chi connectivity index (χ1) is 8.54. The first kappa shape index (κ1) is 13.3. The molecule has 102 valence electrons. The lowest BCUT2D eigenvalue weighted by molar-refractivity contribution is -0.135. The lowest BCUT2D eigenvalue weighted by Crippen LogP contribution is -2.55. The maximum absolute atomic E-state index is 12.3. The Kier molecular flexibility index (Phi) is 3.87. The molecule has 2 fully saturated rings. The van der Waals surface area contributed by atoms with Crippen LogP contribution in [0.4, 0.5) is 0 Å². The number of carbonyl (C=O) groups is 2. The van der Waals surface area contributed by atoms with Gasteiger partial charge in [-0.15, -0.1) is 0 Å².